The van der Waals surface area contributed by atoms with Crippen LogP contribution < -0.4 is 0 Å². The second-order valence-corrected chi connectivity index (χ2v) is 29.6. The summed E-state index contributed by atoms with van der Waals surface area (Å²) in [5, 5.41) is 0. The number of hydrogen-bond acceptors (Lipinski definition) is 4. The Hall–Kier alpha value is -0.130. The van der Waals surface area contributed by atoms with E-state index in [1.165, 1.54) is 289 Å². The fourth-order valence-corrected chi connectivity index (χ4v) is 15.0. The van der Waals surface area contributed by atoms with E-state index in [0.29, 0.717) is 0 Å². The molecular formula is C57H114F6NO4PS2. The van der Waals surface area contributed by atoms with Gasteiger partial charge in [0, 0.05) is 13.9 Å². The quantitative estimate of drug-likeness (QED) is 0.0345. The molecule has 14 heteroatoms. The topological polar surface area (TPSA) is 82.4 Å². The van der Waals surface area contributed by atoms with Crippen LogP contribution in [0.1, 0.15) is 329 Å². The van der Waals surface area contributed by atoms with E-state index in [2.05, 4.69) is 27.4 Å². The number of sulfonamides is 2. The van der Waals surface area contributed by atoms with Gasteiger partial charge in [0.15, 0.2) is 20.0 Å². The zero-order valence-electron chi connectivity index (χ0n) is 46.7. The molecule has 0 N–H and O–H groups in total. The highest BCUT2D eigenvalue weighted by molar-refractivity contribution is 8.13. The minimum atomic E-state index is -6.72. The van der Waals surface area contributed by atoms with Crippen LogP contribution in [0, 0.1) is 0 Å². The van der Waals surface area contributed by atoms with Gasteiger partial charge in [-0.15, -0.1) is 0 Å². The van der Waals surface area contributed by atoms with Gasteiger partial charge in [-0.25, -0.2) is 16.8 Å². The van der Waals surface area contributed by atoms with Crippen LogP contribution in [-0.4, -0.2) is 53.0 Å². The van der Waals surface area contributed by atoms with Crippen LogP contribution >= 0.6 is 7.26 Å². The van der Waals surface area contributed by atoms with E-state index in [0.717, 1.165) is 4.13 Å². The lowest BCUT2D eigenvalue weighted by Gasteiger charge is -2.24. The lowest BCUT2D eigenvalue weighted by Crippen LogP contribution is -2.30. The molecular weight excluding hydrogens is 972 g/mol. The summed E-state index contributed by atoms with van der Waals surface area (Å²) in [5.74, 6) is 0. The molecule has 0 radical (unpaired) electrons. The van der Waals surface area contributed by atoms with Crippen LogP contribution in [0.5, 0.6) is 0 Å². The number of unbranched alkanes of at least 4 members (excludes halogenated alkanes) is 45. The molecule has 0 aliphatic heterocycles. The smallest absolute Gasteiger partial charge is 0.421 e. The first-order valence-corrected chi connectivity index (χ1v) is 35.8. The highest BCUT2D eigenvalue weighted by atomic mass is 32.3. The molecule has 0 unspecified atom stereocenters. The molecule has 0 bridgehead atoms. The van der Waals surface area contributed by atoms with Gasteiger partial charge in [0.25, 0.3) is 0 Å². The first kappa shape index (κ1) is 72.9. The first-order valence-electron chi connectivity index (χ1n) is 30.1. The van der Waals surface area contributed by atoms with Crippen molar-refractivity contribution in [3.05, 3.63) is 4.13 Å². The summed E-state index contributed by atoms with van der Waals surface area (Å²) < 4.78 is 109. The average Bonchev–Trinajstić information content (AvgIpc) is 3.30. The number of halogens is 6. The zero-order chi connectivity index (χ0) is 53.3. The van der Waals surface area contributed by atoms with Crippen molar-refractivity contribution >= 4 is 27.3 Å². The fraction of sp³-hybridized carbons (Fsp3) is 1.00. The molecule has 0 aliphatic carbocycles. The molecule has 0 aromatic carbocycles. The Bertz CT molecular complexity index is 1200. The normalized spacial score (nSPS) is 12.7. The first-order chi connectivity index (χ1) is 33.9. The van der Waals surface area contributed by atoms with Gasteiger partial charge in [-0.1, -0.05) is 290 Å². The fourth-order valence-electron chi connectivity index (χ4n) is 9.67. The summed E-state index contributed by atoms with van der Waals surface area (Å²) in [6.07, 6.45) is 76.3. The molecule has 0 amide bonds. The van der Waals surface area contributed by atoms with Gasteiger partial charge in [-0.05, 0) is 38.5 Å². The minimum Gasteiger partial charge on any atom is -0.421 e. The number of hydrogen-bond donors (Lipinski definition) is 0. The molecule has 0 aromatic heterocycles. The van der Waals surface area contributed by atoms with Gasteiger partial charge >= 0.3 is 11.0 Å². The summed E-state index contributed by atoms with van der Waals surface area (Å²) >= 11 is 0. The molecule has 0 atom stereocenters. The molecule has 0 saturated carbocycles. The maximum Gasteiger partial charge on any atom is 0.480 e. The molecule has 0 aromatic rings. The molecule has 5 nitrogen and oxygen atoms in total. The van der Waals surface area contributed by atoms with E-state index in [1.54, 1.807) is 37.7 Å². The Kier molecular flexibility index (Phi) is 50.8. The van der Waals surface area contributed by atoms with Crippen LogP contribution in [0.4, 0.5) is 26.3 Å². The van der Waals surface area contributed by atoms with Crippen LogP contribution in [0.15, 0.2) is 0 Å². The van der Waals surface area contributed by atoms with Crippen LogP contribution in [0.2, 0.25) is 0 Å². The molecule has 0 saturated heterocycles. The van der Waals surface area contributed by atoms with Gasteiger partial charge in [-0.2, -0.15) is 26.3 Å². The highest BCUT2D eigenvalue weighted by Gasteiger charge is 2.47. The summed E-state index contributed by atoms with van der Waals surface area (Å²) in [6.45, 7) is 9.78. The number of rotatable bonds is 53. The van der Waals surface area contributed by atoms with Crippen LogP contribution in [0.3, 0.4) is 0 Å². The second kappa shape index (κ2) is 49.4. The van der Waals surface area contributed by atoms with Gasteiger partial charge in [0.2, 0.25) is 0 Å². The van der Waals surface area contributed by atoms with Crippen molar-refractivity contribution in [2.45, 2.75) is 340 Å². The third-order valence-electron chi connectivity index (χ3n) is 14.4. The molecule has 0 heterocycles. The van der Waals surface area contributed by atoms with Crippen molar-refractivity contribution in [2.75, 3.05) is 25.2 Å². The lowest BCUT2D eigenvalue weighted by molar-refractivity contribution is -0.0444. The molecule has 430 valence electrons. The Morgan fingerprint density at radius 1 is 0.268 bits per heavy atom. The third kappa shape index (κ3) is 49.2. The number of alkyl halides is 6. The molecule has 0 spiro atoms. The summed E-state index contributed by atoms with van der Waals surface area (Å²) in [6, 6.07) is 0. The van der Waals surface area contributed by atoms with Crippen molar-refractivity contribution in [2.24, 2.45) is 0 Å². The SMILES string of the molecule is CCCCCCCCCCCCCCCCCC[P+](C)(CCCCCCCCCCCCCCCCCC)CCCCCCCCCCCCCCCCCC.O=S(=O)([N-]S(=O)(=O)C(F)(F)F)C(F)(F)F. The van der Waals surface area contributed by atoms with E-state index in [9.17, 15) is 43.2 Å². The molecule has 0 rings (SSSR count). The predicted molar refractivity (Wildman–Crippen MR) is 299 cm³/mol. The summed E-state index contributed by atoms with van der Waals surface area (Å²) in [7, 11) is -14.2. The van der Waals surface area contributed by atoms with Gasteiger partial charge in [0.05, 0.1) is 18.5 Å². The van der Waals surface area contributed by atoms with E-state index < -0.39 is 38.3 Å². The van der Waals surface area contributed by atoms with E-state index in [-0.39, 0.29) is 0 Å². The summed E-state index contributed by atoms with van der Waals surface area (Å²) in [5.41, 5.74) is -12.4. The Labute approximate surface area is 437 Å². The largest absolute Gasteiger partial charge is 0.480 e. The van der Waals surface area contributed by atoms with Gasteiger partial charge in [-0.3, -0.25) is 0 Å². The van der Waals surface area contributed by atoms with E-state index in [4.69, 9.17) is 0 Å². The molecule has 0 aliphatic rings. The maximum absolute atomic E-state index is 11.4. The van der Waals surface area contributed by atoms with Gasteiger partial charge < -0.3 is 4.13 Å². The third-order valence-corrected chi connectivity index (χ3v) is 21.4. The van der Waals surface area contributed by atoms with Gasteiger partial charge in [0.1, 0.15) is 0 Å². The van der Waals surface area contributed by atoms with Crippen LogP contribution in [-0.2, 0) is 20.0 Å². The van der Waals surface area contributed by atoms with E-state index >= 15 is 0 Å². The average molecular weight is 1090 g/mol. The standard InChI is InChI=1S/C55H114P.C2F6NO4S2/c1-5-8-11-14-17-20-23-26-29-32-35-38-41-44-47-50-53-56(4,54-51-48-45-42-39-36-33-30-27-24-21-18-15-12-9-6-2)55-52-49-46-43-40-37-34-31-28-25-22-19-16-13-10-7-3;3-1(4,5)14(10,11)9-15(12,13)2(6,7)8/h5-55H2,1-4H3;/q+1;-1. The Balaban J connectivity index is 0. The van der Waals surface area contributed by atoms with Crippen molar-refractivity contribution in [1.82, 2.24) is 0 Å². The monoisotopic (exact) mass is 1090 g/mol. The lowest BCUT2D eigenvalue weighted by atomic mass is 10.0. The van der Waals surface area contributed by atoms with Crippen molar-refractivity contribution in [3.63, 3.8) is 0 Å². The molecule has 0 fully saturated rings. The second-order valence-electron chi connectivity index (χ2n) is 21.6. The predicted octanol–water partition coefficient (Wildman–Crippen LogP) is 22.5. The van der Waals surface area contributed by atoms with Crippen molar-refractivity contribution in [3.8, 4) is 0 Å². The highest BCUT2D eigenvalue weighted by Crippen LogP contribution is 2.57. The Morgan fingerprint density at radius 2 is 0.394 bits per heavy atom. The van der Waals surface area contributed by atoms with E-state index in [1.807, 2.05) is 0 Å². The van der Waals surface area contributed by atoms with Crippen LogP contribution in [0.25, 0.3) is 4.13 Å². The zero-order valence-corrected chi connectivity index (χ0v) is 49.2. The van der Waals surface area contributed by atoms with Crippen molar-refractivity contribution < 1.29 is 43.2 Å². The minimum absolute atomic E-state index is 0.734. The van der Waals surface area contributed by atoms with Crippen molar-refractivity contribution in [1.29, 1.82) is 0 Å². The number of nitrogens with zero attached hydrogens (tertiary/aromatic N) is 1. The maximum atomic E-state index is 11.4. The summed E-state index contributed by atoms with van der Waals surface area (Å²) in [4.78, 5) is 0. The molecule has 71 heavy (non-hydrogen) atoms. The Morgan fingerprint density at radius 3 is 0.521 bits per heavy atom.